The van der Waals surface area contributed by atoms with Gasteiger partial charge in [0, 0.05) is 5.69 Å². The molecule has 0 radical (unpaired) electrons. The number of aromatic amines is 1. The predicted octanol–water partition coefficient (Wildman–Crippen LogP) is -2.58. The summed E-state index contributed by atoms with van der Waals surface area (Å²) in [5.74, 6) is 0.0680. The number of nitrogens with one attached hydrogen (secondary N) is 1. The molecule has 0 aromatic heterocycles. The fourth-order valence-electron chi connectivity index (χ4n) is 2.16. The molecule has 9 nitrogen and oxygen atoms in total. The molecule has 9 heteroatoms. The van der Waals surface area contributed by atoms with Crippen molar-refractivity contribution in [3.8, 4) is 11.4 Å². The smallest absolute Gasteiger partial charge is 0.349 e. The van der Waals surface area contributed by atoms with E-state index in [-0.39, 0.29) is 17.9 Å². The van der Waals surface area contributed by atoms with Crippen LogP contribution in [-0.2, 0) is 6.54 Å². The van der Waals surface area contributed by atoms with E-state index in [1.165, 1.54) is 10.6 Å². The Balaban J connectivity index is 2.45. The molecule has 2 rings (SSSR count). The summed E-state index contributed by atoms with van der Waals surface area (Å²) in [6.07, 6.45) is -4.51. The van der Waals surface area contributed by atoms with E-state index in [0.29, 0.717) is 5.69 Å². The van der Waals surface area contributed by atoms with Crippen LogP contribution in [0.3, 0.4) is 0 Å². The molecule has 120 valence electrons. The standard InChI is InChI=1S/C13H17N3O6/c1-6-2-3-7-11(14-13(22)15-12(7)21)16(6)4-8(18)10(20)9(19)5-17/h2-3,8-10,17-20H,4-5H2,1H3,(H,15,21,22)/t8-,9+,10-/m0/s1. The van der Waals surface area contributed by atoms with Crippen LogP contribution in [0.4, 0.5) is 0 Å². The van der Waals surface area contributed by atoms with Gasteiger partial charge in [-0.3, -0.25) is 9.78 Å². The minimum atomic E-state index is -1.58. The molecular formula is C13H17N3O6. The summed E-state index contributed by atoms with van der Waals surface area (Å²) >= 11 is 0. The van der Waals surface area contributed by atoms with Crippen molar-refractivity contribution in [1.29, 1.82) is 0 Å². The van der Waals surface area contributed by atoms with E-state index in [2.05, 4.69) is 4.98 Å². The van der Waals surface area contributed by atoms with Crippen LogP contribution in [0.25, 0.3) is 11.4 Å². The van der Waals surface area contributed by atoms with Gasteiger partial charge >= 0.3 is 5.69 Å². The lowest BCUT2D eigenvalue weighted by Gasteiger charge is -2.25. The van der Waals surface area contributed by atoms with Crippen molar-refractivity contribution in [3.05, 3.63) is 38.7 Å². The number of aliphatic hydroxyl groups is 4. The molecule has 0 aliphatic carbocycles. The van der Waals surface area contributed by atoms with Gasteiger partial charge in [0.2, 0.25) is 0 Å². The molecule has 0 saturated heterocycles. The van der Waals surface area contributed by atoms with Crippen molar-refractivity contribution < 1.29 is 20.4 Å². The van der Waals surface area contributed by atoms with E-state index in [1.807, 2.05) is 4.98 Å². The molecule has 0 spiro atoms. The summed E-state index contributed by atoms with van der Waals surface area (Å²) in [5, 5.41) is 37.8. The Morgan fingerprint density at radius 3 is 2.55 bits per heavy atom. The molecule has 22 heavy (non-hydrogen) atoms. The lowest BCUT2D eigenvalue weighted by atomic mass is 10.1. The number of aryl methyl sites for hydroxylation is 1. The molecule has 3 atom stereocenters. The zero-order chi connectivity index (χ0) is 16.4. The van der Waals surface area contributed by atoms with Gasteiger partial charge < -0.3 is 25.0 Å². The van der Waals surface area contributed by atoms with Gasteiger partial charge in [0.1, 0.15) is 18.3 Å². The summed E-state index contributed by atoms with van der Waals surface area (Å²) < 4.78 is 1.39. The Morgan fingerprint density at radius 2 is 1.91 bits per heavy atom. The second kappa shape index (κ2) is 6.36. The molecule has 2 aliphatic heterocycles. The van der Waals surface area contributed by atoms with Crippen LogP contribution < -0.4 is 11.2 Å². The van der Waals surface area contributed by atoms with E-state index in [1.54, 1.807) is 13.0 Å². The van der Waals surface area contributed by atoms with Crippen molar-refractivity contribution in [3.63, 3.8) is 0 Å². The fourth-order valence-corrected chi connectivity index (χ4v) is 2.16. The normalized spacial score (nSPS) is 15.7. The number of H-pyrrole nitrogens is 1. The quantitative estimate of drug-likeness (QED) is 0.407. The van der Waals surface area contributed by atoms with E-state index < -0.39 is 36.2 Å². The first-order valence-electron chi connectivity index (χ1n) is 6.60. The number of fused-ring (bicyclic) bond motifs is 1. The lowest BCUT2D eigenvalue weighted by molar-refractivity contribution is -0.0806. The number of aliphatic hydroxyl groups excluding tert-OH is 4. The van der Waals surface area contributed by atoms with Gasteiger partial charge in [0.25, 0.3) is 5.56 Å². The van der Waals surface area contributed by atoms with Crippen molar-refractivity contribution in [1.82, 2.24) is 14.5 Å². The topological polar surface area (TPSA) is 149 Å². The second-order valence-electron chi connectivity index (χ2n) is 5.00. The van der Waals surface area contributed by atoms with E-state index in [9.17, 15) is 24.9 Å². The maximum atomic E-state index is 11.7. The molecule has 0 fully saturated rings. The zero-order valence-corrected chi connectivity index (χ0v) is 11.8. The second-order valence-corrected chi connectivity index (χ2v) is 5.00. The average Bonchev–Trinajstić information content (AvgIpc) is 2.48. The molecule has 0 aromatic rings. The monoisotopic (exact) mass is 311 g/mol. The number of rotatable bonds is 5. The highest BCUT2D eigenvalue weighted by atomic mass is 16.4. The van der Waals surface area contributed by atoms with Crippen LogP contribution in [0.2, 0.25) is 0 Å². The van der Waals surface area contributed by atoms with E-state index >= 15 is 0 Å². The summed E-state index contributed by atoms with van der Waals surface area (Å²) in [4.78, 5) is 28.9. The SMILES string of the molecule is Cc1ccc2c(=O)[nH]c(=O)nc-2n1C[C@H](O)[C@H](O)[C@H](O)CO. The highest BCUT2D eigenvalue weighted by Gasteiger charge is 2.26. The number of nitrogens with zero attached hydrogens (tertiary/aromatic N) is 2. The third-order valence-electron chi connectivity index (χ3n) is 3.43. The Hall–Kier alpha value is -2.07. The van der Waals surface area contributed by atoms with Crippen LogP contribution in [-0.4, -0.2) is 59.9 Å². The molecule has 2 aliphatic rings. The highest BCUT2D eigenvalue weighted by Crippen LogP contribution is 2.17. The molecule has 5 N–H and O–H groups in total. The van der Waals surface area contributed by atoms with Crippen molar-refractivity contribution >= 4 is 0 Å². The first-order valence-corrected chi connectivity index (χ1v) is 6.60. The minimum Gasteiger partial charge on any atom is -0.394 e. The van der Waals surface area contributed by atoms with Crippen LogP contribution >= 0.6 is 0 Å². The molecule has 2 heterocycles. The van der Waals surface area contributed by atoms with Gasteiger partial charge in [-0.1, -0.05) is 0 Å². The molecular weight excluding hydrogens is 294 g/mol. The third-order valence-corrected chi connectivity index (χ3v) is 3.43. The number of aromatic nitrogens is 3. The summed E-state index contributed by atoms with van der Waals surface area (Å²) in [7, 11) is 0. The van der Waals surface area contributed by atoms with Crippen LogP contribution in [0.15, 0.2) is 21.7 Å². The maximum absolute atomic E-state index is 11.7. The molecule has 0 amide bonds. The average molecular weight is 311 g/mol. The largest absolute Gasteiger partial charge is 0.394 e. The maximum Gasteiger partial charge on any atom is 0.349 e. The Kier molecular flexibility index (Phi) is 4.71. The first kappa shape index (κ1) is 16.3. The fraction of sp³-hybridized carbons (Fsp3) is 0.462. The van der Waals surface area contributed by atoms with Crippen LogP contribution in [0.5, 0.6) is 0 Å². The van der Waals surface area contributed by atoms with Crippen LogP contribution in [0.1, 0.15) is 5.69 Å². The van der Waals surface area contributed by atoms with Gasteiger partial charge in [-0.15, -0.1) is 0 Å². The molecule has 0 aromatic carbocycles. The summed E-state index contributed by atoms with van der Waals surface area (Å²) in [5.41, 5.74) is -0.666. The van der Waals surface area contributed by atoms with E-state index in [4.69, 9.17) is 5.11 Å². The molecule has 0 saturated carbocycles. The van der Waals surface area contributed by atoms with Gasteiger partial charge in [-0.2, -0.15) is 4.98 Å². The van der Waals surface area contributed by atoms with Gasteiger partial charge in [-0.25, -0.2) is 4.79 Å². The van der Waals surface area contributed by atoms with Crippen LogP contribution in [0, 0.1) is 6.92 Å². The Morgan fingerprint density at radius 1 is 1.23 bits per heavy atom. The van der Waals surface area contributed by atoms with Gasteiger partial charge in [-0.05, 0) is 19.1 Å². The Bertz CT molecular complexity index is 740. The highest BCUT2D eigenvalue weighted by molar-refractivity contribution is 5.55. The predicted molar refractivity (Wildman–Crippen MR) is 75.6 cm³/mol. The Labute approximate surface area is 124 Å². The summed E-state index contributed by atoms with van der Waals surface area (Å²) in [6, 6.07) is 3.10. The van der Waals surface area contributed by atoms with Gasteiger partial charge in [0.15, 0.2) is 5.82 Å². The van der Waals surface area contributed by atoms with Gasteiger partial charge in [0.05, 0.1) is 18.7 Å². The number of hydrogen-bond acceptors (Lipinski definition) is 7. The molecule has 0 bridgehead atoms. The molecule has 0 unspecified atom stereocenters. The third kappa shape index (κ3) is 3.07. The minimum absolute atomic E-state index is 0.0680. The first-order chi connectivity index (χ1) is 10.3. The van der Waals surface area contributed by atoms with Crippen molar-refractivity contribution in [2.75, 3.05) is 6.61 Å². The van der Waals surface area contributed by atoms with Crippen molar-refractivity contribution in [2.24, 2.45) is 0 Å². The zero-order valence-electron chi connectivity index (χ0n) is 11.8. The lowest BCUT2D eigenvalue weighted by Crippen LogP contribution is -2.42. The number of hydrogen-bond donors (Lipinski definition) is 5. The van der Waals surface area contributed by atoms with Crippen molar-refractivity contribution in [2.45, 2.75) is 31.8 Å². The summed E-state index contributed by atoms with van der Waals surface area (Å²) in [6.45, 7) is 0.756. The number of pyridine rings is 1. The van der Waals surface area contributed by atoms with E-state index in [0.717, 1.165) is 0 Å².